The molecule has 0 spiro atoms. The van der Waals surface area contributed by atoms with Crippen LogP contribution in [-0.4, -0.2) is 30.5 Å². The molecular formula is C26H23F3N6O2. The lowest BCUT2D eigenvalue weighted by Gasteiger charge is -2.09. The Morgan fingerprint density at radius 3 is 2.54 bits per heavy atom. The molecule has 4 heterocycles. The van der Waals surface area contributed by atoms with Crippen molar-refractivity contribution in [1.82, 2.24) is 24.5 Å². The Kier molecular flexibility index (Phi) is 6.28. The number of aromatic nitrogens is 5. The third-order valence-electron chi connectivity index (χ3n) is 6.08. The molecule has 4 aromatic heterocycles. The average molecular weight is 509 g/mol. The fourth-order valence-corrected chi connectivity index (χ4v) is 4.37. The van der Waals surface area contributed by atoms with Crippen molar-refractivity contribution < 1.29 is 22.4 Å². The Hall–Kier alpha value is -4.41. The van der Waals surface area contributed by atoms with Gasteiger partial charge in [-0.1, -0.05) is 12.1 Å². The molecule has 0 radical (unpaired) electrons. The number of pyridine rings is 1. The van der Waals surface area contributed by atoms with Crippen molar-refractivity contribution in [2.24, 2.45) is 0 Å². The molecule has 0 unspecified atom stereocenters. The van der Waals surface area contributed by atoms with Crippen molar-refractivity contribution in [2.45, 2.75) is 40.3 Å². The normalized spacial score (nSPS) is 11.5. The topological polar surface area (TPSA) is 90.8 Å². The number of hydrogen-bond acceptors (Lipinski definition) is 5. The summed E-state index contributed by atoms with van der Waals surface area (Å²) in [6, 6.07) is 10.8. The fraction of sp³-hybridized carbons (Fsp3) is 0.231. The summed E-state index contributed by atoms with van der Waals surface area (Å²) in [7, 11) is 0. The molecule has 190 valence electrons. The van der Waals surface area contributed by atoms with E-state index < -0.39 is 12.3 Å². The number of halogens is 3. The van der Waals surface area contributed by atoms with Gasteiger partial charge >= 0.3 is 0 Å². The van der Waals surface area contributed by atoms with Crippen LogP contribution < -0.4 is 5.32 Å². The molecular weight excluding hydrogens is 485 g/mol. The maximum atomic E-state index is 13.9. The smallest absolute Gasteiger partial charge is 0.264 e. The second-order valence-corrected chi connectivity index (χ2v) is 8.70. The van der Waals surface area contributed by atoms with E-state index in [1.807, 2.05) is 0 Å². The van der Waals surface area contributed by atoms with Crippen molar-refractivity contribution >= 4 is 22.6 Å². The first-order valence-electron chi connectivity index (χ1n) is 11.5. The number of nitrogens with zero attached hydrogens (tertiary/aromatic N) is 5. The van der Waals surface area contributed by atoms with E-state index in [4.69, 9.17) is 4.42 Å². The van der Waals surface area contributed by atoms with Gasteiger partial charge in [-0.05, 0) is 56.7 Å². The number of nitrogens with one attached hydrogen (secondary N) is 1. The molecule has 37 heavy (non-hydrogen) atoms. The molecule has 5 aromatic rings. The highest BCUT2D eigenvalue weighted by Crippen LogP contribution is 2.33. The van der Waals surface area contributed by atoms with Gasteiger partial charge in [0, 0.05) is 5.56 Å². The molecule has 11 heteroatoms. The number of aryl methyl sites for hydroxylation is 2. The Bertz CT molecular complexity index is 1600. The zero-order valence-corrected chi connectivity index (χ0v) is 20.3. The van der Waals surface area contributed by atoms with E-state index in [1.54, 1.807) is 49.7 Å². The van der Waals surface area contributed by atoms with E-state index in [1.165, 1.54) is 29.1 Å². The SMILES string of the molecule is Cc1nn(Cc2cccc(F)c2)c(C)c1NC(=O)Cn1nc(C)c2c(C(F)F)cc(-c3ccco3)nc21. The summed E-state index contributed by atoms with van der Waals surface area (Å²) in [4.78, 5) is 17.5. The fourth-order valence-electron chi connectivity index (χ4n) is 4.37. The van der Waals surface area contributed by atoms with Crippen LogP contribution in [0.2, 0.25) is 0 Å². The molecule has 0 aliphatic rings. The lowest BCUT2D eigenvalue weighted by Crippen LogP contribution is -2.20. The van der Waals surface area contributed by atoms with Crippen LogP contribution >= 0.6 is 0 Å². The van der Waals surface area contributed by atoms with Crippen LogP contribution in [0.15, 0.2) is 53.1 Å². The monoisotopic (exact) mass is 508 g/mol. The number of amides is 1. The van der Waals surface area contributed by atoms with Crippen LogP contribution in [0.4, 0.5) is 18.9 Å². The molecule has 1 aromatic carbocycles. The summed E-state index contributed by atoms with van der Waals surface area (Å²) in [6.07, 6.45) is -1.34. The van der Waals surface area contributed by atoms with Crippen LogP contribution in [0, 0.1) is 26.6 Å². The van der Waals surface area contributed by atoms with Gasteiger partial charge in [0.25, 0.3) is 6.43 Å². The molecule has 0 saturated carbocycles. The van der Waals surface area contributed by atoms with Crippen molar-refractivity contribution in [3.05, 3.63) is 82.8 Å². The summed E-state index contributed by atoms with van der Waals surface area (Å²) in [6.45, 7) is 5.23. The third kappa shape index (κ3) is 4.72. The average Bonchev–Trinajstić information content (AvgIpc) is 3.55. The van der Waals surface area contributed by atoms with Crippen molar-refractivity contribution in [3.8, 4) is 11.5 Å². The number of carbonyl (C=O) groups is 1. The summed E-state index contributed by atoms with van der Waals surface area (Å²) in [5.74, 6) is -0.437. The van der Waals surface area contributed by atoms with Gasteiger partial charge < -0.3 is 9.73 Å². The summed E-state index contributed by atoms with van der Waals surface area (Å²) < 4.78 is 49.7. The van der Waals surface area contributed by atoms with Crippen LogP contribution in [0.5, 0.6) is 0 Å². The van der Waals surface area contributed by atoms with Gasteiger partial charge in [0.15, 0.2) is 11.4 Å². The minimum atomic E-state index is -2.77. The maximum Gasteiger partial charge on any atom is 0.264 e. The highest BCUT2D eigenvalue weighted by atomic mass is 19.3. The number of hydrogen-bond donors (Lipinski definition) is 1. The highest BCUT2D eigenvalue weighted by molar-refractivity contribution is 5.93. The highest BCUT2D eigenvalue weighted by Gasteiger charge is 2.23. The number of anilines is 1. The number of benzene rings is 1. The zero-order chi connectivity index (χ0) is 26.3. The number of furan rings is 1. The molecule has 8 nitrogen and oxygen atoms in total. The molecule has 0 saturated heterocycles. The van der Waals surface area contributed by atoms with Gasteiger partial charge in [0.1, 0.15) is 18.1 Å². The lowest BCUT2D eigenvalue weighted by molar-refractivity contribution is -0.116. The molecule has 1 N–H and O–H groups in total. The standard InChI is InChI=1S/C26H23F3N6O2/c1-14-23-19(25(28)29)11-20(21-8-5-9-37-21)30-26(23)35(32-14)13-22(36)31-24-15(2)33-34(16(24)3)12-17-6-4-7-18(27)10-17/h4-11,25H,12-13H2,1-3H3,(H,31,36). The maximum absolute atomic E-state index is 13.9. The van der Waals surface area contributed by atoms with Crippen molar-refractivity contribution in [2.75, 3.05) is 5.32 Å². The Labute approximate surface area is 209 Å². The van der Waals surface area contributed by atoms with Gasteiger partial charge in [-0.15, -0.1) is 0 Å². The number of alkyl halides is 2. The van der Waals surface area contributed by atoms with Gasteiger partial charge in [0.05, 0.1) is 41.0 Å². The first-order chi connectivity index (χ1) is 17.7. The third-order valence-corrected chi connectivity index (χ3v) is 6.08. The summed E-state index contributed by atoms with van der Waals surface area (Å²) >= 11 is 0. The molecule has 0 fully saturated rings. The van der Waals surface area contributed by atoms with E-state index in [9.17, 15) is 18.0 Å². The predicted molar refractivity (Wildman–Crippen MR) is 131 cm³/mol. The van der Waals surface area contributed by atoms with Crippen LogP contribution in [0.1, 0.15) is 34.6 Å². The Morgan fingerprint density at radius 1 is 1.05 bits per heavy atom. The van der Waals surface area contributed by atoms with Crippen molar-refractivity contribution in [3.63, 3.8) is 0 Å². The van der Waals surface area contributed by atoms with Crippen LogP contribution in [0.3, 0.4) is 0 Å². The van der Waals surface area contributed by atoms with E-state index >= 15 is 0 Å². The molecule has 0 bridgehead atoms. The van der Waals surface area contributed by atoms with Gasteiger partial charge in [-0.25, -0.2) is 22.8 Å². The van der Waals surface area contributed by atoms with Gasteiger partial charge in [-0.3, -0.25) is 9.48 Å². The summed E-state index contributed by atoms with van der Waals surface area (Å²) in [5.41, 5.74) is 3.02. The van der Waals surface area contributed by atoms with Crippen LogP contribution in [-0.2, 0) is 17.9 Å². The van der Waals surface area contributed by atoms with E-state index in [0.29, 0.717) is 35.1 Å². The van der Waals surface area contributed by atoms with Gasteiger partial charge in [0.2, 0.25) is 5.91 Å². The minimum absolute atomic E-state index is 0.159. The second kappa shape index (κ2) is 9.57. The molecule has 0 aliphatic heterocycles. The van der Waals surface area contributed by atoms with Crippen LogP contribution in [0.25, 0.3) is 22.5 Å². The second-order valence-electron chi connectivity index (χ2n) is 8.70. The quantitative estimate of drug-likeness (QED) is 0.310. The molecule has 0 aliphatic carbocycles. The first-order valence-corrected chi connectivity index (χ1v) is 11.5. The number of rotatable bonds is 7. The van der Waals surface area contributed by atoms with E-state index in [2.05, 4.69) is 20.5 Å². The zero-order valence-electron chi connectivity index (χ0n) is 20.3. The van der Waals surface area contributed by atoms with Gasteiger partial charge in [-0.2, -0.15) is 10.2 Å². The van der Waals surface area contributed by atoms with E-state index in [-0.39, 0.29) is 34.7 Å². The minimum Gasteiger partial charge on any atom is -0.463 e. The Balaban J connectivity index is 1.43. The molecule has 1 amide bonds. The first kappa shape index (κ1) is 24.3. The molecule has 5 rings (SSSR count). The predicted octanol–water partition coefficient (Wildman–Crippen LogP) is 5.58. The van der Waals surface area contributed by atoms with Crippen molar-refractivity contribution in [1.29, 1.82) is 0 Å². The number of fused-ring (bicyclic) bond motifs is 1. The molecule has 0 atom stereocenters. The van der Waals surface area contributed by atoms with E-state index in [0.717, 1.165) is 5.56 Å². The Morgan fingerprint density at radius 2 is 1.84 bits per heavy atom. The largest absolute Gasteiger partial charge is 0.463 e. The lowest BCUT2D eigenvalue weighted by atomic mass is 10.1. The summed E-state index contributed by atoms with van der Waals surface area (Å²) in [5, 5.41) is 11.8. The number of carbonyl (C=O) groups excluding carboxylic acids is 1.